The number of rotatable bonds is 5. The molecule has 0 aliphatic carbocycles. The minimum atomic E-state index is -1.05. The molecule has 0 aromatic heterocycles. The summed E-state index contributed by atoms with van der Waals surface area (Å²) in [5, 5.41) is 14.4. The number of carboxylic acid groups (broad SMARTS) is 1. The summed E-state index contributed by atoms with van der Waals surface area (Å²) in [7, 11) is 0. The van der Waals surface area contributed by atoms with Crippen LogP contribution in [0.5, 0.6) is 0 Å². The Kier molecular flexibility index (Phi) is 4.26. The molecule has 0 saturated carbocycles. The predicted molar refractivity (Wildman–Crippen MR) is 77.1 cm³/mol. The number of benzene rings is 1. The Morgan fingerprint density at radius 1 is 1.43 bits per heavy atom. The Balaban J connectivity index is 2.15. The highest BCUT2D eigenvalue weighted by atomic mass is 16.4. The third-order valence-corrected chi connectivity index (χ3v) is 3.76. The number of fused-ring (bicyclic) bond motifs is 1. The monoisotopic (exact) mass is 290 g/mol. The quantitative estimate of drug-likeness (QED) is 0.764. The van der Waals surface area contributed by atoms with Crippen LogP contribution < -0.4 is 10.6 Å². The summed E-state index contributed by atoms with van der Waals surface area (Å²) in [6, 6.07) is 3.94. The molecule has 6 heteroatoms. The van der Waals surface area contributed by atoms with Gasteiger partial charge in [-0.15, -0.1) is 0 Å². The van der Waals surface area contributed by atoms with E-state index in [1.165, 1.54) is 0 Å². The maximum absolute atomic E-state index is 12.2. The van der Waals surface area contributed by atoms with E-state index in [-0.39, 0.29) is 18.2 Å². The molecule has 1 aliphatic heterocycles. The Labute approximate surface area is 122 Å². The molecule has 2 amide bonds. The lowest BCUT2D eigenvalue weighted by Crippen LogP contribution is -2.45. The van der Waals surface area contributed by atoms with E-state index in [2.05, 4.69) is 10.6 Å². The number of hydrogen-bond acceptors (Lipinski definition) is 3. The van der Waals surface area contributed by atoms with E-state index < -0.39 is 17.9 Å². The molecule has 2 atom stereocenters. The van der Waals surface area contributed by atoms with Crippen LogP contribution in [0.25, 0.3) is 0 Å². The summed E-state index contributed by atoms with van der Waals surface area (Å²) >= 11 is 0. The van der Waals surface area contributed by atoms with Crippen LogP contribution in [0.1, 0.15) is 36.2 Å². The molecule has 0 unspecified atom stereocenters. The third-order valence-electron chi connectivity index (χ3n) is 3.76. The summed E-state index contributed by atoms with van der Waals surface area (Å²) in [6.07, 6.45) is 0.893. The normalized spacial score (nSPS) is 15.8. The van der Waals surface area contributed by atoms with Crippen LogP contribution in [-0.4, -0.2) is 28.9 Å². The molecule has 0 fully saturated rings. The largest absolute Gasteiger partial charge is 0.480 e. The standard InChI is InChI=1S/C15H18N2O4/c1-3-8(2)13(15(20)21)17-14(19)9-4-5-11-10(6-9)7-12(18)16-11/h4-6,8,13H,3,7H2,1-2H3,(H,16,18)(H,17,19)(H,20,21)/t8-,13-/m0/s1. The number of carbonyl (C=O) groups is 3. The molecule has 1 aliphatic rings. The van der Waals surface area contributed by atoms with E-state index in [0.717, 1.165) is 5.56 Å². The SMILES string of the molecule is CC[C@H](C)[C@H](NC(=O)c1ccc2c(c1)CC(=O)N2)C(=O)O. The number of aliphatic carboxylic acids is 1. The van der Waals surface area contributed by atoms with Crippen molar-refractivity contribution in [1.82, 2.24) is 5.32 Å². The molecule has 21 heavy (non-hydrogen) atoms. The first kappa shape index (κ1) is 15.0. The number of carbonyl (C=O) groups excluding carboxylic acids is 2. The molecule has 0 spiro atoms. The lowest BCUT2D eigenvalue weighted by atomic mass is 9.98. The van der Waals surface area contributed by atoms with E-state index in [0.29, 0.717) is 17.7 Å². The Bertz CT molecular complexity index is 597. The minimum absolute atomic E-state index is 0.106. The minimum Gasteiger partial charge on any atom is -0.480 e. The van der Waals surface area contributed by atoms with Crippen LogP contribution in [0.4, 0.5) is 5.69 Å². The predicted octanol–water partition coefficient (Wildman–Crippen LogP) is 1.41. The Morgan fingerprint density at radius 3 is 2.76 bits per heavy atom. The first-order valence-electron chi connectivity index (χ1n) is 6.88. The lowest BCUT2D eigenvalue weighted by Gasteiger charge is -2.20. The van der Waals surface area contributed by atoms with Crippen molar-refractivity contribution in [2.75, 3.05) is 5.32 Å². The van der Waals surface area contributed by atoms with Gasteiger partial charge in [-0.3, -0.25) is 9.59 Å². The van der Waals surface area contributed by atoms with Crippen LogP contribution >= 0.6 is 0 Å². The highest BCUT2D eigenvalue weighted by Crippen LogP contribution is 2.24. The molecule has 0 radical (unpaired) electrons. The fourth-order valence-electron chi connectivity index (χ4n) is 2.28. The second-order valence-corrected chi connectivity index (χ2v) is 5.27. The van der Waals surface area contributed by atoms with Crippen molar-refractivity contribution >= 4 is 23.5 Å². The van der Waals surface area contributed by atoms with Crippen LogP contribution in [-0.2, 0) is 16.0 Å². The van der Waals surface area contributed by atoms with Gasteiger partial charge in [-0.1, -0.05) is 20.3 Å². The van der Waals surface area contributed by atoms with E-state index >= 15 is 0 Å². The van der Waals surface area contributed by atoms with Crippen LogP contribution in [0.2, 0.25) is 0 Å². The van der Waals surface area contributed by atoms with Crippen LogP contribution in [0.15, 0.2) is 18.2 Å². The summed E-state index contributed by atoms with van der Waals surface area (Å²) in [4.78, 5) is 34.7. The van der Waals surface area contributed by atoms with E-state index in [1.54, 1.807) is 25.1 Å². The molecule has 0 saturated heterocycles. The van der Waals surface area contributed by atoms with E-state index in [4.69, 9.17) is 0 Å². The van der Waals surface area contributed by atoms with Gasteiger partial charge >= 0.3 is 5.97 Å². The molecule has 0 bridgehead atoms. The van der Waals surface area contributed by atoms with Gasteiger partial charge in [0.25, 0.3) is 5.91 Å². The Hall–Kier alpha value is -2.37. The number of anilines is 1. The fourth-order valence-corrected chi connectivity index (χ4v) is 2.28. The lowest BCUT2D eigenvalue weighted by molar-refractivity contribution is -0.140. The molecule has 6 nitrogen and oxygen atoms in total. The van der Waals surface area contributed by atoms with Gasteiger partial charge in [0.15, 0.2) is 0 Å². The van der Waals surface area contributed by atoms with Crippen LogP contribution in [0.3, 0.4) is 0 Å². The first-order chi connectivity index (χ1) is 9.92. The second kappa shape index (κ2) is 5.95. The van der Waals surface area contributed by atoms with Gasteiger partial charge in [-0.2, -0.15) is 0 Å². The summed E-state index contributed by atoms with van der Waals surface area (Å²) in [5.74, 6) is -1.75. The fraction of sp³-hybridized carbons (Fsp3) is 0.400. The Morgan fingerprint density at radius 2 is 2.14 bits per heavy atom. The summed E-state index contributed by atoms with van der Waals surface area (Å²) in [6.45, 7) is 3.66. The van der Waals surface area contributed by atoms with Crippen molar-refractivity contribution in [2.24, 2.45) is 5.92 Å². The first-order valence-corrected chi connectivity index (χ1v) is 6.88. The van der Waals surface area contributed by atoms with Crippen molar-refractivity contribution in [2.45, 2.75) is 32.7 Å². The topological polar surface area (TPSA) is 95.5 Å². The summed E-state index contributed by atoms with van der Waals surface area (Å²) in [5.41, 5.74) is 1.82. The molecule has 1 aromatic rings. The van der Waals surface area contributed by atoms with Gasteiger partial charge in [0, 0.05) is 11.3 Å². The van der Waals surface area contributed by atoms with Gasteiger partial charge in [-0.25, -0.2) is 4.79 Å². The highest BCUT2D eigenvalue weighted by molar-refractivity contribution is 6.02. The molecule has 1 aromatic carbocycles. The average molecular weight is 290 g/mol. The van der Waals surface area contributed by atoms with Gasteiger partial charge in [0.1, 0.15) is 6.04 Å². The van der Waals surface area contributed by atoms with Crippen molar-refractivity contribution in [3.8, 4) is 0 Å². The van der Waals surface area contributed by atoms with Gasteiger partial charge in [0.05, 0.1) is 6.42 Å². The number of hydrogen-bond donors (Lipinski definition) is 3. The zero-order chi connectivity index (χ0) is 15.6. The highest BCUT2D eigenvalue weighted by Gasteiger charge is 2.26. The molecular formula is C15H18N2O4. The zero-order valence-corrected chi connectivity index (χ0v) is 12.0. The zero-order valence-electron chi connectivity index (χ0n) is 12.0. The number of nitrogens with one attached hydrogen (secondary N) is 2. The number of carboxylic acids is 1. The third kappa shape index (κ3) is 3.21. The molecule has 3 N–H and O–H groups in total. The van der Waals surface area contributed by atoms with Gasteiger partial charge in [-0.05, 0) is 29.7 Å². The van der Waals surface area contributed by atoms with Crippen LogP contribution in [0, 0.1) is 5.92 Å². The van der Waals surface area contributed by atoms with Crippen molar-refractivity contribution in [1.29, 1.82) is 0 Å². The molecule has 2 rings (SSSR count). The van der Waals surface area contributed by atoms with Gasteiger partial charge in [0.2, 0.25) is 5.91 Å². The van der Waals surface area contributed by atoms with Crippen molar-refractivity contribution in [3.05, 3.63) is 29.3 Å². The number of amides is 2. The second-order valence-electron chi connectivity index (χ2n) is 5.27. The smallest absolute Gasteiger partial charge is 0.326 e. The average Bonchev–Trinajstić information content (AvgIpc) is 2.82. The van der Waals surface area contributed by atoms with Crippen molar-refractivity contribution < 1.29 is 19.5 Å². The van der Waals surface area contributed by atoms with Crippen molar-refractivity contribution in [3.63, 3.8) is 0 Å². The van der Waals surface area contributed by atoms with Gasteiger partial charge < -0.3 is 15.7 Å². The maximum atomic E-state index is 12.2. The molecular weight excluding hydrogens is 272 g/mol. The van der Waals surface area contributed by atoms with E-state index in [9.17, 15) is 19.5 Å². The molecule has 1 heterocycles. The molecule has 112 valence electrons. The maximum Gasteiger partial charge on any atom is 0.326 e. The van der Waals surface area contributed by atoms with E-state index in [1.807, 2.05) is 6.92 Å². The summed E-state index contributed by atoms with van der Waals surface area (Å²) < 4.78 is 0.